The minimum absolute atomic E-state index is 0.279. The number of epoxide rings is 1. The van der Waals surface area contributed by atoms with Crippen molar-refractivity contribution in [2.45, 2.75) is 89.1 Å². The molecule has 6 atom stereocenters. The Morgan fingerprint density at radius 2 is 1.65 bits per heavy atom. The molecule has 4 rings (SSSR count). The fourth-order valence-electron chi connectivity index (χ4n) is 5.24. The van der Waals surface area contributed by atoms with Gasteiger partial charge in [0, 0.05) is 5.92 Å². The lowest BCUT2D eigenvalue weighted by Gasteiger charge is -2.24. The zero-order chi connectivity index (χ0) is 17.8. The summed E-state index contributed by atoms with van der Waals surface area (Å²) in [5.74, 6) is 1.87. The van der Waals surface area contributed by atoms with Crippen molar-refractivity contribution in [1.29, 1.82) is 0 Å². The van der Waals surface area contributed by atoms with Crippen molar-refractivity contribution in [2.24, 2.45) is 17.8 Å². The van der Waals surface area contributed by atoms with Gasteiger partial charge in [0.05, 0.1) is 25.4 Å². The van der Waals surface area contributed by atoms with Crippen LogP contribution in [0.25, 0.3) is 0 Å². The molecular weight excluding hydrogens is 324 g/mol. The van der Waals surface area contributed by atoms with E-state index < -0.39 is 0 Å². The number of hydrogen-bond donors (Lipinski definition) is 0. The van der Waals surface area contributed by atoms with Gasteiger partial charge in [0.25, 0.3) is 0 Å². The van der Waals surface area contributed by atoms with Crippen LogP contribution in [0.2, 0.25) is 0 Å². The second-order valence-electron chi connectivity index (χ2n) is 8.67. The van der Waals surface area contributed by atoms with E-state index >= 15 is 0 Å². The molecule has 0 spiro atoms. The summed E-state index contributed by atoms with van der Waals surface area (Å²) < 4.78 is 18.1. The third-order valence-corrected chi connectivity index (χ3v) is 6.80. The van der Waals surface area contributed by atoms with E-state index in [9.17, 15) is 0 Å². The Labute approximate surface area is 159 Å². The van der Waals surface area contributed by atoms with Crippen LogP contribution in [0.15, 0.2) is 24.3 Å². The topological polar surface area (TPSA) is 31.0 Å². The number of ether oxygens (including phenoxy) is 3. The van der Waals surface area contributed by atoms with E-state index in [1.807, 2.05) is 0 Å². The monoisotopic (exact) mass is 360 g/mol. The van der Waals surface area contributed by atoms with Crippen LogP contribution in [0, 0.1) is 17.8 Å². The third kappa shape index (κ3) is 4.26. The van der Waals surface area contributed by atoms with Crippen LogP contribution in [-0.4, -0.2) is 37.6 Å². The summed E-state index contributed by atoms with van der Waals surface area (Å²) in [7, 11) is 0. The highest BCUT2D eigenvalue weighted by Gasteiger charge is 2.68. The number of hydrogen-bond acceptors (Lipinski definition) is 3. The second kappa shape index (κ2) is 9.03. The first-order valence-corrected chi connectivity index (χ1v) is 11.1. The first kappa shape index (κ1) is 18.7. The van der Waals surface area contributed by atoms with Gasteiger partial charge in [0.15, 0.2) is 0 Å². The predicted octanol–water partition coefficient (Wildman–Crippen LogP) is 5.06. The molecule has 3 nitrogen and oxygen atoms in total. The first-order valence-electron chi connectivity index (χ1n) is 11.1. The lowest BCUT2D eigenvalue weighted by atomic mass is 9.78. The van der Waals surface area contributed by atoms with Crippen LogP contribution in [0.5, 0.6) is 0 Å². The summed E-state index contributed by atoms with van der Waals surface area (Å²) in [6.45, 7) is 3.81. The molecule has 0 unspecified atom stereocenters. The summed E-state index contributed by atoms with van der Waals surface area (Å²) in [5, 5.41) is 0. The Bertz CT molecular complexity index is 494. The van der Waals surface area contributed by atoms with Gasteiger partial charge >= 0.3 is 0 Å². The van der Waals surface area contributed by atoms with E-state index in [1.165, 1.54) is 51.4 Å². The van der Waals surface area contributed by atoms with E-state index in [1.54, 1.807) is 0 Å². The number of unbranched alkanes of at least 4 members (excludes halogenated alkanes) is 2. The molecule has 2 bridgehead atoms. The molecule has 3 heterocycles. The molecule has 0 radical (unpaired) electrons. The van der Waals surface area contributed by atoms with Crippen LogP contribution in [-0.2, 0) is 14.2 Å². The van der Waals surface area contributed by atoms with Gasteiger partial charge in [-0.05, 0) is 37.5 Å². The molecule has 1 saturated carbocycles. The van der Waals surface area contributed by atoms with E-state index in [4.69, 9.17) is 14.2 Å². The van der Waals surface area contributed by atoms with E-state index in [0.717, 1.165) is 25.6 Å². The third-order valence-electron chi connectivity index (χ3n) is 6.80. The molecule has 0 aromatic rings. The van der Waals surface area contributed by atoms with Crippen molar-refractivity contribution < 1.29 is 14.2 Å². The number of fused-ring (bicyclic) bond motifs is 5. The molecule has 3 aliphatic heterocycles. The van der Waals surface area contributed by atoms with Gasteiger partial charge in [-0.15, -0.1) is 0 Å². The van der Waals surface area contributed by atoms with Crippen LogP contribution in [0.3, 0.4) is 0 Å². The highest BCUT2D eigenvalue weighted by Crippen LogP contribution is 2.54. The van der Waals surface area contributed by atoms with Gasteiger partial charge in [-0.2, -0.15) is 0 Å². The fourth-order valence-corrected chi connectivity index (χ4v) is 5.24. The molecule has 0 aromatic heterocycles. The molecule has 3 heteroatoms. The second-order valence-corrected chi connectivity index (χ2v) is 8.67. The summed E-state index contributed by atoms with van der Waals surface area (Å²) in [5.41, 5.74) is 0. The molecule has 26 heavy (non-hydrogen) atoms. The minimum Gasteiger partial charge on any atom is -0.377 e. The van der Waals surface area contributed by atoms with E-state index in [2.05, 4.69) is 31.2 Å². The van der Waals surface area contributed by atoms with Crippen molar-refractivity contribution in [1.82, 2.24) is 0 Å². The molecule has 4 fully saturated rings. The van der Waals surface area contributed by atoms with Gasteiger partial charge < -0.3 is 14.2 Å². The predicted molar refractivity (Wildman–Crippen MR) is 104 cm³/mol. The molecule has 0 amide bonds. The Morgan fingerprint density at radius 3 is 2.46 bits per heavy atom. The van der Waals surface area contributed by atoms with Crippen molar-refractivity contribution in [2.75, 3.05) is 13.2 Å². The van der Waals surface area contributed by atoms with Crippen molar-refractivity contribution >= 4 is 0 Å². The summed E-state index contributed by atoms with van der Waals surface area (Å²) >= 11 is 0. The summed E-state index contributed by atoms with van der Waals surface area (Å²) in [6, 6.07) is 0. The van der Waals surface area contributed by atoms with E-state index in [-0.39, 0.29) is 6.10 Å². The van der Waals surface area contributed by atoms with Gasteiger partial charge in [0.1, 0.15) is 12.2 Å². The SMILES string of the molecule is CCCCC=CC[C@@H]1[C@H](COCC=CC2CCCCC2)[C@H]2O[C@@H]1[C@H]1O[C@H]12. The molecular formula is C23H36O3. The first-order chi connectivity index (χ1) is 12.9. The average molecular weight is 361 g/mol. The summed E-state index contributed by atoms with van der Waals surface area (Å²) in [6.07, 6.45) is 22.5. The number of rotatable bonds is 10. The Balaban J connectivity index is 1.22. The lowest BCUT2D eigenvalue weighted by Crippen LogP contribution is -2.35. The maximum atomic E-state index is 6.23. The smallest absolute Gasteiger partial charge is 0.113 e. The van der Waals surface area contributed by atoms with Gasteiger partial charge in [-0.3, -0.25) is 0 Å². The minimum atomic E-state index is 0.279. The average Bonchev–Trinajstić information content (AvgIpc) is 3.30. The molecule has 0 aromatic carbocycles. The maximum absolute atomic E-state index is 6.23. The zero-order valence-corrected chi connectivity index (χ0v) is 16.4. The van der Waals surface area contributed by atoms with Crippen molar-refractivity contribution in [3.8, 4) is 0 Å². The molecule has 3 saturated heterocycles. The zero-order valence-electron chi connectivity index (χ0n) is 16.4. The largest absolute Gasteiger partial charge is 0.377 e. The number of allylic oxidation sites excluding steroid dienone is 3. The van der Waals surface area contributed by atoms with Gasteiger partial charge in [-0.1, -0.05) is 63.3 Å². The van der Waals surface area contributed by atoms with Crippen LogP contribution in [0.1, 0.15) is 64.7 Å². The van der Waals surface area contributed by atoms with Gasteiger partial charge in [0.2, 0.25) is 0 Å². The Kier molecular flexibility index (Phi) is 6.50. The highest BCUT2D eigenvalue weighted by molar-refractivity contribution is 5.15. The van der Waals surface area contributed by atoms with Crippen LogP contribution in [0.4, 0.5) is 0 Å². The standard InChI is InChI=1S/C23H36O3/c1-2-3-4-5-9-14-18-19(21-23-22(26-23)20(18)25-21)16-24-15-10-13-17-11-7-6-8-12-17/h5,9-10,13,17-23H,2-4,6-8,11-12,14-16H2,1H3/t18-,19+,20+,21-,22-,23+/m1/s1. The van der Waals surface area contributed by atoms with Crippen molar-refractivity contribution in [3.63, 3.8) is 0 Å². The van der Waals surface area contributed by atoms with Crippen molar-refractivity contribution in [3.05, 3.63) is 24.3 Å². The molecule has 0 N–H and O–H groups in total. The lowest BCUT2D eigenvalue weighted by molar-refractivity contribution is -0.00111. The Hall–Kier alpha value is -0.640. The van der Waals surface area contributed by atoms with E-state index in [0.29, 0.717) is 30.1 Å². The normalized spacial score (nSPS) is 39.3. The molecule has 146 valence electrons. The highest BCUT2D eigenvalue weighted by atomic mass is 16.7. The molecule has 4 aliphatic rings. The quantitative estimate of drug-likeness (QED) is 0.310. The fraction of sp³-hybridized carbons (Fsp3) is 0.826. The maximum Gasteiger partial charge on any atom is 0.113 e. The van der Waals surface area contributed by atoms with Crippen LogP contribution < -0.4 is 0 Å². The Morgan fingerprint density at radius 1 is 0.885 bits per heavy atom. The van der Waals surface area contributed by atoms with Crippen LogP contribution >= 0.6 is 0 Å². The van der Waals surface area contributed by atoms with Gasteiger partial charge in [-0.25, -0.2) is 0 Å². The summed E-state index contributed by atoms with van der Waals surface area (Å²) in [4.78, 5) is 0. The molecule has 1 aliphatic carbocycles.